The van der Waals surface area contributed by atoms with Crippen molar-refractivity contribution in [3.05, 3.63) is 135 Å². The lowest BCUT2D eigenvalue weighted by Gasteiger charge is -2.31. The molecule has 1 amide bonds. The summed E-state index contributed by atoms with van der Waals surface area (Å²) in [6.45, 7) is 5.76. The van der Waals surface area contributed by atoms with Crippen LogP contribution >= 0.6 is 0 Å². The Kier molecular flexibility index (Phi) is 8.56. The smallest absolute Gasteiger partial charge is 0.279 e. The van der Waals surface area contributed by atoms with Crippen LogP contribution in [0.4, 0.5) is 9.80 Å². The number of aliphatic hydroxyl groups is 1. The van der Waals surface area contributed by atoms with Crippen molar-refractivity contribution < 1.29 is 18.7 Å². The van der Waals surface area contributed by atoms with Crippen molar-refractivity contribution in [2.24, 2.45) is 5.92 Å². The molecule has 1 saturated heterocycles. The lowest BCUT2D eigenvalue weighted by molar-refractivity contribution is -0.146. The quantitative estimate of drug-likeness (QED) is 0.123. The largest absolute Gasteiger partial charge is 0.396 e. The van der Waals surface area contributed by atoms with Gasteiger partial charge in [-0.1, -0.05) is 48.5 Å². The molecular formula is C41H41FN8O5Si. The number of carbonyl (C=O) groups excluding carboxylic acids is 1. The van der Waals surface area contributed by atoms with Gasteiger partial charge in [-0.2, -0.15) is 0 Å². The molecule has 4 atom stereocenters. The topological polar surface area (TPSA) is 156 Å². The monoisotopic (exact) mass is 772 g/mol. The van der Waals surface area contributed by atoms with Crippen molar-refractivity contribution in [2.75, 3.05) is 11.5 Å². The third-order valence-electron chi connectivity index (χ3n) is 11.5. The Bertz CT molecular complexity index is 2740. The van der Waals surface area contributed by atoms with E-state index in [0.29, 0.717) is 64.0 Å². The molecule has 7 aromatic rings. The second kappa shape index (κ2) is 13.4. The first-order valence-electron chi connectivity index (χ1n) is 18.8. The lowest BCUT2D eigenvalue weighted by Crippen LogP contribution is -2.45. The summed E-state index contributed by atoms with van der Waals surface area (Å²) in [5.41, 5.74) is 2.78. The van der Waals surface area contributed by atoms with Gasteiger partial charge in [-0.25, -0.2) is 9.36 Å². The number of aromatic amines is 2. The molecule has 3 N–H and O–H groups in total. The van der Waals surface area contributed by atoms with Crippen molar-refractivity contribution >= 4 is 41.8 Å². The first kappa shape index (κ1) is 35.8. The molecule has 13 nitrogen and oxygen atoms in total. The van der Waals surface area contributed by atoms with Crippen molar-refractivity contribution in [1.82, 2.24) is 34.6 Å². The Hall–Kier alpha value is -5.90. The van der Waals surface area contributed by atoms with E-state index >= 15 is 8.90 Å². The predicted octanol–water partition coefficient (Wildman–Crippen LogP) is 5.49. The highest BCUT2D eigenvalue weighted by atomic mass is 28.4. The number of nitrogens with one attached hydrogen (secondary N) is 2. The van der Waals surface area contributed by atoms with Gasteiger partial charge in [-0.05, 0) is 79.7 Å². The van der Waals surface area contributed by atoms with E-state index in [-0.39, 0.29) is 30.2 Å². The number of fused-ring (bicyclic) bond motifs is 4. The van der Waals surface area contributed by atoms with Gasteiger partial charge in [-0.3, -0.25) is 29.3 Å². The third kappa shape index (κ3) is 5.68. The van der Waals surface area contributed by atoms with E-state index in [0.717, 1.165) is 11.1 Å². The second-order valence-corrected chi connectivity index (χ2v) is 19.2. The predicted molar refractivity (Wildman–Crippen MR) is 212 cm³/mol. The number of aliphatic hydroxyl groups excluding tert-OH is 1. The fourth-order valence-corrected chi connectivity index (χ4v) is 11.5. The number of H-pyrrole nitrogens is 2. The number of ether oxygens (including phenoxy) is 1. The van der Waals surface area contributed by atoms with Gasteiger partial charge < -0.3 is 18.9 Å². The minimum atomic E-state index is -3.47. The zero-order valence-corrected chi connectivity index (χ0v) is 32.1. The van der Waals surface area contributed by atoms with Crippen LogP contribution in [0.15, 0.2) is 107 Å². The van der Waals surface area contributed by atoms with E-state index in [1.807, 2.05) is 79.7 Å². The van der Waals surface area contributed by atoms with E-state index in [9.17, 15) is 14.7 Å². The Morgan fingerprint density at radius 3 is 2.12 bits per heavy atom. The standard InChI is InChI=1S/C41H41FN8O5Si/c1-25-37(56(2,3)42)36(18-20-47-24-27(19-21-51)43-46-47)55-41(25)32-22-29(50-39(53)31-9-5-7-11-34(31)45-50)16-17-35(32)48(40(41)54)23-26-12-14-28(15-13-26)49-38(52)30-8-4-6-10-33(30)44-49/h4-17,22,24-25,36-37,44-45,51H,18-21,23H2,1-3H3/t25-,36+,37-,41+/m1/s1. The Labute approximate surface area is 321 Å². The number of aromatic nitrogens is 7. The summed E-state index contributed by atoms with van der Waals surface area (Å²) in [6, 6.07) is 27.5. The summed E-state index contributed by atoms with van der Waals surface area (Å²) < 4.78 is 28.2. The van der Waals surface area contributed by atoms with E-state index in [4.69, 9.17) is 4.74 Å². The molecule has 4 aromatic carbocycles. The number of hydrogen-bond acceptors (Lipinski definition) is 7. The molecule has 0 radical (unpaired) electrons. The number of halogens is 1. The average molecular weight is 773 g/mol. The Morgan fingerprint density at radius 2 is 1.50 bits per heavy atom. The number of anilines is 1. The van der Waals surface area contributed by atoms with Gasteiger partial charge in [0.25, 0.3) is 17.0 Å². The van der Waals surface area contributed by atoms with Gasteiger partial charge in [0.1, 0.15) is 0 Å². The molecule has 286 valence electrons. The average Bonchev–Trinajstić information content (AvgIpc) is 3.99. The van der Waals surface area contributed by atoms with Gasteiger partial charge in [0.15, 0.2) is 5.60 Å². The highest BCUT2D eigenvalue weighted by molar-refractivity contribution is 6.72. The lowest BCUT2D eigenvalue weighted by atomic mass is 9.82. The van der Waals surface area contributed by atoms with Crippen LogP contribution in [-0.4, -0.2) is 66.7 Å². The van der Waals surface area contributed by atoms with Crippen molar-refractivity contribution in [2.45, 2.75) is 63.2 Å². The number of benzene rings is 4. The molecule has 1 spiro atoms. The first-order chi connectivity index (χ1) is 27.0. The van der Waals surface area contributed by atoms with Crippen LogP contribution in [0.1, 0.15) is 30.2 Å². The van der Waals surface area contributed by atoms with Gasteiger partial charge in [-0.15, -0.1) is 5.10 Å². The number of nitrogens with zero attached hydrogens (tertiary/aromatic N) is 6. The van der Waals surface area contributed by atoms with Gasteiger partial charge in [0, 0.05) is 42.8 Å². The number of aryl methyl sites for hydroxylation is 1. The van der Waals surface area contributed by atoms with Crippen LogP contribution in [0, 0.1) is 5.92 Å². The van der Waals surface area contributed by atoms with Gasteiger partial charge in [0.05, 0.1) is 57.2 Å². The van der Waals surface area contributed by atoms with Crippen LogP contribution in [0.3, 0.4) is 0 Å². The van der Waals surface area contributed by atoms with Crippen molar-refractivity contribution in [3.8, 4) is 11.4 Å². The van der Waals surface area contributed by atoms with E-state index in [1.165, 1.54) is 9.36 Å². The van der Waals surface area contributed by atoms with E-state index in [2.05, 4.69) is 20.5 Å². The number of carbonyl (C=O) groups is 1. The molecular weight excluding hydrogens is 732 g/mol. The molecule has 0 saturated carbocycles. The van der Waals surface area contributed by atoms with Crippen LogP contribution < -0.4 is 16.0 Å². The van der Waals surface area contributed by atoms with Crippen LogP contribution in [0.25, 0.3) is 33.2 Å². The van der Waals surface area contributed by atoms with E-state index in [1.54, 1.807) is 47.1 Å². The highest BCUT2D eigenvalue weighted by Gasteiger charge is 2.66. The summed E-state index contributed by atoms with van der Waals surface area (Å²) >= 11 is 0. The molecule has 0 unspecified atom stereocenters. The zero-order chi connectivity index (χ0) is 38.9. The molecule has 15 heteroatoms. The molecule has 5 heterocycles. The van der Waals surface area contributed by atoms with Crippen molar-refractivity contribution in [1.29, 1.82) is 0 Å². The van der Waals surface area contributed by atoms with Crippen LogP contribution in [-0.2, 0) is 34.6 Å². The van der Waals surface area contributed by atoms with Gasteiger partial charge >= 0.3 is 0 Å². The first-order valence-corrected chi connectivity index (χ1v) is 21.8. The summed E-state index contributed by atoms with van der Waals surface area (Å²) in [6.07, 6.45) is 1.91. The molecule has 2 aliphatic heterocycles. The molecule has 2 aliphatic rings. The number of rotatable bonds is 10. The fraction of sp³-hybridized carbons (Fsp3) is 0.293. The molecule has 0 aliphatic carbocycles. The van der Waals surface area contributed by atoms with Crippen LogP contribution in [0.2, 0.25) is 18.6 Å². The molecule has 9 rings (SSSR count). The number of para-hydroxylation sites is 2. The minimum absolute atomic E-state index is 0.0485. The summed E-state index contributed by atoms with van der Waals surface area (Å²) in [5, 5.41) is 25.2. The Balaban J connectivity index is 1.11. The molecule has 1 fully saturated rings. The SMILES string of the molecule is C[C@@H]1[C@@H]([Si](C)(C)F)[C@H](CCn2cc(CCO)nn2)O[C@@]12C(=O)N(Cc1ccc(-n3[nH]c4ccccc4c3=O)cc1)c1ccc(-n3[nH]c4ccccc4c3=O)cc12. The molecule has 56 heavy (non-hydrogen) atoms. The summed E-state index contributed by atoms with van der Waals surface area (Å²) in [5.74, 6) is -0.851. The maximum absolute atomic E-state index is 16.6. The molecule has 0 bridgehead atoms. The third-order valence-corrected chi connectivity index (χ3v) is 14.0. The minimum Gasteiger partial charge on any atom is -0.396 e. The number of hydrogen-bond donors (Lipinski definition) is 3. The number of amides is 1. The maximum Gasteiger partial charge on any atom is 0.279 e. The zero-order valence-electron chi connectivity index (χ0n) is 31.1. The maximum atomic E-state index is 16.6. The normalized spacial score (nSPS) is 20.9. The van der Waals surface area contributed by atoms with Crippen LogP contribution in [0.5, 0.6) is 0 Å². The second-order valence-electron chi connectivity index (χ2n) is 15.4. The van der Waals surface area contributed by atoms with Gasteiger partial charge in [0.2, 0.25) is 8.41 Å². The van der Waals surface area contributed by atoms with E-state index < -0.39 is 31.6 Å². The highest BCUT2D eigenvalue weighted by Crippen LogP contribution is 2.60. The summed E-state index contributed by atoms with van der Waals surface area (Å²) in [4.78, 5) is 43.6. The molecule has 3 aromatic heterocycles. The van der Waals surface area contributed by atoms with Crippen molar-refractivity contribution in [3.63, 3.8) is 0 Å². The Morgan fingerprint density at radius 1 is 0.875 bits per heavy atom. The fourth-order valence-electron chi connectivity index (χ4n) is 8.95. The summed E-state index contributed by atoms with van der Waals surface area (Å²) in [7, 11) is -3.47.